The highest BCUT2D eigenvalue weighted by atomic mass is 28.4. The topological polar surface area (TPSA) is 72.5 Å². The van der Waals surface area contributed by atoms with Gasteiger partial charge in [-0.15, -0.1) is 0 Å². The molecule has 40 heavy (non-hydrogen) atoms. The van der Waals surface area contributed by atoms with Gasteiger partial charge in [0.25, 0.3) is 0 Å². The van der Waals surface area contributed by atoms with Gasteiger partial charge in [0.1, 0.15) is 5.78 Å². The van der Waals surface area contributed by atoms with Crippen LogP contribution in [0.5, 0.6) is 0 Å². The maximum atomic E-state index is 12.3. The monoisotopic (exact) mass is 606 g/mol. The van der Waals surface area contributed by atoms with Gasteiger partial charge >= 0.3 is 17.6 Å². The predicted molar refractivity (Wildman–Crippen MR) is 170 cm³/mol. The SMILES string of the molecule is CCO[Si](OCC)(OCC)C(C)CCCCCCCC(=O)CCCCCCCC(C)[Si](OCC)(OCC)OCC. The third-order valence-corrected chi connectivity index (χ3v) is 14.6. The normalized spacial score (nSPS) is 14.0. The number of ketones is 1. The second kappa shape index (κ2) is 25.4. The van der Waals surface area contributed by atoms with Gasteiger partial charge in [-0.1, -0.05) is 65.2 Å². The number of hydrogen-bond donors (Lipinski definition) is 0. The van der Waals surface area contributed by atoms with Crippen molar-refractivity contribution in [1.29, 1.82) is 0 Å². The van der Waals surface area contributed by atoms with E-state index in [1.807, 2.05) is 41.5 Å². The zero-order chi connectivity index (χ0) is 30.1. The van der Waals surface area contributed by atoms with Gasteiger partial charge in [0.2, 0.25) is 0 Å². The summed E-state index contributed by atoms with van der Waals surface area (Å²) in [6, 6.07) is 0. The van der Waals surface area contributed by atoms with E-state index in [0.717, 1.165) is 64.2 Å². The smallest absolute Gasteiger partial charge is 0.374 e. The van der Waals surface area contributed by atoms with Gasteiger partial charge in [0.15, 0.2) is 0 Å². The first-order valence-electron chi connectivity index (χ1n) is 16.7. The second-order valence-corrected chi connectivity index (χ2v) is 16.9. The Morgan fingerprint density at radius 3 is 0.975 bits per heavy atom. The van der Waals surface area contributed by atoms with Crippen LogP contribution in [0, 0.1) is 0 Å². The molecule has 0 rings (SSSR count). The Morgan fingerprint density at radius 1 is 0.450 bits per heavy atom. The van der Waals surface area contributed by atoms with E-state index >= 15 is 0 Å². The van der Waals surface area contributed by atoms with E-state index in [0.29, 0.717) is 56.5 Å². The van der Waals surface area contributed by atoms with Crippen molar-refractivity contribution in [2.75, 3.05) is 39.6 Å². The van der Waals surface area contributed by atoms with Crippen molar-refractivity contribution in [3.63, 3.8) is 0 Å². The molecule has 0 amide bonds. The third-order valence-electron chi connectivity index (χ3n) is 7.47. The molecule has 240 valence electrons. The molecule has 0 spiro atoms. The zero-order valence-electron chi connectivity index (χ0n) is 27.7. The van der Waals surface area contributed by atoms with Crippen LogP contribution in [0.2, 0.25) is 11.1 Å². The van der Waals surface area contributed by atoms with Gasteiger partial charge in [-0.3, -0.25) is 4.79 Å². The Hall–Kier alpha value is -0.136. The Bertz CT molecular complexity index is 512. The minimum absolute atomic E-state index is 0.313. The number of hydrogen-bond acceptors (Lipinski definition) is 7. The first-order valence-corrected chi connectivity index (χ1v) is 20.3. The molecule has 0 N–H and O–H groups in total. The van der Waals surface area contributed by atoms with Gasteiger partial charge < -0.3 is 26.6 Å². The molecule has 0 aliphatic heterocycles. The van der Waals surface area contributed by atoms with Gasteiger partial charge in [0, 0.05) is 63.6 Å². The highest BCUT2D eigenvalue weighted by Gasteiger charge is 2.47. The van der Waals surface area contributed by atoms with Crippen molar-refractivity contribution in [3.05, 3.63) is 0 Å². The molecule has 0 aromatic rings. The molecule has 7 nitrogen and oxygen atoms in total. The number of carbonyl (C=O) groups is 1. The molecule has 2 unspecified atom stereocenters. The van der Waals surface area contributed by atoms with E-state index in [2.05, 4.69) is 13.8 Å². The van der Waals surface area contributed by atoms with Crippen molar-refractivity contribution >= 4 is 23.4 Å². The Morgan fingerprint density at radius 2 is 0.700 bits per heavy atom. The summed E-state index contributed by atoms with van der Waals surface area (Å²) >= 11 is 0. The maximum Gasteiger partial charge on any atom is 0.503 e. The summed E-state index contributed by atoms with van der Waals surface area (Å²) in [5, 5.41) is 0. The molecule has 9 heteroatoms. The van der Waals surface area contributed by atoms with E-state index < -0.39 is 17.6 Å². The molecular formula is C31H66O7Si2. The van der Waals surface area contributed by atoms with Crippen molar-refractivity contribution in [1.82, 2.24) is 0 Å². The minimum atomic E-state index is -2.59. The van der Waals surface area contributed by atoms with Crippen LogP contribution in [-0.2, 0) is 31.4 Å². The van der Waals surface area contributed by atoms with Crippen LogP contribution in [0.4, 0.5) is 0 Å². The summed E-state index contributed by atoms with van der Waals surface area (Å²) in [5.41, 5.74) is 0.626. The molecule has 0 heterocycles. The lowest BCUT2D eigenvalue weighted by Gasteiger charge is -2.33. The van der Waals surface area contributed by atoms with Gasteiger partial charge in [-0.25, -0.2) is 0 Å². The first kappa shape index (κ1) is 39.9. The van der Waals surface area contributed by atoms with Crippen LogP contribution < -0.4 is 0 Å². The predicted octanol–water partition coefficient (Wildman–Crippen LogP) is 8.89. The lowest BCUT2D eigenvalue weighted by Crippen LogP contribution is -2.49. The summed E-state index contributed by atoms with van der Waals surface area (Å²) in [5.74, 6) is 0.434. The van der Waals surface area contributed by atoms with Crippen LogP contribution in [0.15, 0.2) is 0 Å². The molecule has 0 fully saturated rings. The number of rotatable bonds is 30. The fraction of sp³-hybridized carbons (Fsp3) is 0.968. The van der Waals surface area contributed by atoms with E-state index in [-0.39, 0.29) is 0 Å². The Kier molecular flexibility index (Phi) is 25.3. The lowest BCUT2D eigenvalue weighted by molar-refractivity contribution is -0.119. The molecule has 0 aromatic carbocycles. The molecular weight excluding hydrogens is 541 g/mol. The summed E-state index contributed by atoms with van der Waals surface area (Å²) in [7, 11) is -5.19. The molecule has 0 aliphatic carbocycles. The molecule has 0 aromatic heterocycles. The summed E-state index contributed by atoms with van der Waals surface area (Å²) in [6.07, 6.45) is 15.0. The Balaban J connectivity index is 3.97. The molecule has 0 saturated heterocycles. The van der Waals surface area contributed by atoms with Crippen LogP contribution in [-0.4, -0.2) is 63.0 Å². The van der Waals surface area contributed by atoms with Crippen molar-refractivity contribution in [2.24, 2.45) is 0 Å². The second-order valence-electron chi connectivity index (χ2n) is 10.8. The Labute approximate surface area is 250 Å². The minimum Gasteiger partial charge on any atom is -0.374 e. The van der Waals surface area contributed by atoms with E-state index in [1.54, 1.807) is 0 Å². The molecule has 2 atom stereocenters. The quantitative estimate of drug-likeness (QED) is 0.0597. The lowest BCUT2D eigenvalue weighted by atomic mass is 10.0. The van der Waals surface area contributed by atoms with Gasteiger partial charge in [0.05, 0.1) is 0 Å². The zero-order valence-corrected chi connectivity index (χ0v) is 29.7. The number of Topliss-reactive ketones (excluding diaryl/α,β-unsaturated/α-hetero) is 1. The fourth-order valence-corrected chi connectivity index (χ4v) is 11.1. The highest BCUT2D eigenvalue weighted by molar-refractivity contribution is 6.62. The van der Waals surface area contributed by atoms with E-state index in [1.165, 1.54) is 25.7 Å². The third kappa shape index (κ3) is 16.5. The van der Waals surface area contributed by atoms with Crippen molar-refractivity contribution < 1.29 is 31.4 Å². The maximum absolute atomic E-state index is 12.3. The summed E-state index contributed by atoms with van der Waals surface area (Å²) in [4.78, 5) is 12.3. The van der Waals surface area contributed by atoms with Crippen LogP contribution in [0.1, 0.15) is 145 Å². The standard InChI is InChI=1S/C31H66O7Si2/c1-9-33-39(34-10-2,35-11-3)29(7)25-21-17-15-19-23-27-31(32)28-24-20-16-18-22-26-30(8)40(36-12-4,37-13-5)38-14-6/h29-30H,9-28H2,1-8H3. The van der Waals surface area contributed by atoms with Gasteiger partial charge in [-0.05, 0) is 67.2 Å². The van der Waals surface area contributed by atoms with E-state index in [9.17, 15) is 4.79 Å². The molecule has 0 radical (unpaired) electrons. The van der Waals surface area contributed by atoms with Crippen molar-refractivity contribution in [3.8, 4) is 0 Å². The average Bonchev–Trinajstić information content (AvgIpc) is 2.92. The molecule has 0 saturated carbocycles. The van der Waals surface area contributed by atoms with Gasteiger partial charge in [-0.2, -0.15) is 0 Å². The average molecular weight is 607 g/mol. The number of carbonyl (C=O) groups excluding carboxylic acids is 1. The summed E-state index contributed by atoms with van der Waals surface area (Å²) in [6.45, 7) is 20.3. The largest absolute Gasteiger partial charge is 0.503 e. The first-order chi connectivity index (χ1) is 19.3. The highest BCUT2D eigenvalue weighted by Crippen LogP contribution is 2.32. The van der Waals surface area contributed by atoms with Crippen molar-refractivity contribution in [2.45, 2.75) is 156 Å². The fourth-order valence-electron chi connectivity index (χ4n) is 5.40. The van der Waals surface area contributed by atoms with E-state index in [4.69, 9.17) is 26.6 Å². The van der Waals surface area contributed by atoms with Crippen LogP contribution >= 0.6 is 0 Å². The summed E-state index contributed by atoms with van der Waals surface area (Å²) < 4.78 is 36.3. The molecule has 0 aliphatic rings. The van der Waals surface area contributed by atoms with Crippen LogP contribution in [0.3, 0.4) is 0 Å². The van der Waals surface area contributed by atoms with Crippen LogP contribution in [0.25, 0.3) is 0 Å². The molecule has 0 bridgehead atoms. The number of unbranched alkanes of at least 4 members (excludes halogenated alkanes) is 8.